The standard InChI is InChI=1S/C14H8ClN3O3/c15-9-3-4-10-11(8-9)16-7-5-12(10)21-13-2-1-6-17-14(13)18(19)20/h1-8H. The Morgan fingerprint density at radius 3 is 2.76 bits per heavy atom. The van der Waals surface area contributed by atoms with Crippen LogP contribution in [0.1, 0.15) is 0 Å². The second-order valence-electron chi connectivity index (χ2n) is 4.15. The van der Waals surface area contributed by atoms with Gasteiger partial charge in [0.05, 0.1) is 5.52 Å². The van der Waals surface area contributed by atoms with Crippen molar-refractivity contribution in [1.82, 2.24) is 9.97 Å². The maximum Gasteiger partial charge on any atom is 0.406 e. The molecule has 2 heterocycles. The second-order valence-corrected chi connectivity index (χ2v) is 4.59. The molecule has 0 fully saturated rings. The first-order valence-electron chi connectivity index (χ1n) is 5.96. The van der Waals surface area contributed by atoms with Crippen molar-refractivity contribution < 1.29 is 9.66 Å². The van der Waals surface area contributed by atoms with Crippen molar-refractivity contribution in [3.05, 3.63) is 63.9 Å². The van der Waals surface area contributed by atoms with Gasteiger partial charge in [-0.2, -0.15) is 0 Å². The number of nitrogens with zero attached hydrogens (tertiary/aromatic N) is 3. The highest BCUT2D eigenvalue weighted by atomic mass is 35.5. The van der Waals surface area contributed by atoms with Crippen molar-refractivity contribution in [3.8, 4) is 11.5 Å². The molecule has 7 heteroatoms. The molecule has 0 aliphatic rings. The van der Waals surface area contributed by atoms with Gasteiger partial charge in [-0.3, -0.25) is 4.98 Å². The molecule has 0 atom stereocenters. The summed E-state index contributed by atoms with van der Waals surface area (Å²) in [5.74, 6) is 0.189. The number of benzene rings is 1. The molecule has 0 saturated heterocycles. The summed E-state index contributed by atoms with van der Waals surface area (Å²) in [6.45, 7) is 0. The number of hydrogen-bond donors (Lipinski definition) is 0. The van der Waals surface area contributed by atoms with Crippen LogP contribution in [-0.2, 0) is 0 Å². The number of ether oxygens (including phenoxy) is 1. The molecule has 3 aromatic rings. The molecule has 21 heavy (non-hydrogen) atoms. The lowest BCUT2D eigenvalue weighted by atomic mass is 10.2. The van der Waals surface area contributed by atoms with E-state index in [0.29, 0.717) is 21.7 Å². The molecular formula is C14H8ClN3O3. The van der Waals surface area contributed by atoms with E-state index in [2.05, 4.69) is 9.97 Å². The van der Waals surface area contributed by atoms with Crippen LogP contribution in [0.25, 0.3) is 10.9 Å². The van der Waals surface area contributed by atoms with Gasteiger partial charge in [0, 0.05) is 16.6 Å². The Hall–Kier alpha value is -2.73. The van der Waals surface area contributed by atoms with Gasteiger partial charge in [-0.05, 0) is 46.3 Å². The predicted molar refractivity (Wildman–Crippen MR) is 77.7 cm³/mol. The Morgan fingerprint density at radius 1 is 1.10 bits per heavy atom. The van der Waals surface area contributed by atoms with Crippen molar-refractivity contribution >= 4 is 28.3 Å². The van der Waals surface area contributed by atoms with Crippen LogP contribution in [0.3, 0.4) is 0 Å². The molecule has 6 nitrogen and oxygen atoms in total. The van der Waals surface area contributed by atoms with Crippen molar-refractivity contribution in [2.45, 2.75) is 0 Å². The molecular weight excluding hydrogens is 294 g/mol. The summed E-state index contributed by atoms with van der Waals surface area (Å²) >= 11 is 5.92. The van der Waals surface area contributed by atoms with E-state index in [-0.39, 0.29) is 11.6 Å². The Morgan fingerprint density at radius 2 is 1.95 bits per heavy atom. The van der Waals surface area contributed by atoms with Gasteiger partial charge in [0.1, 0.15) is 11.9 Å². The van der Waals surface area contributed by atoms with E-state index in [1.807, 2.05) is 0 Å². The number of fused-ring (bicyclic) bond motifs is 1. The molecule has 0 aliphatic carbocycles. The fourth-order valence-corrected chi connectivity index (χ4v) is 2.07. The third kappa shape index (κ3) is 2.61. The third-order valence-electron chi connectivity index (χ3n) is 2.81. The minimum absolute atomic E-state index is 0.0740. The highest BCUT2D eigenvalue weighted by molar-refractivity contribution is 6.31. The van der Waals surface area contributed by atoms with Gasteiger partial charge < -0.3 is 14.9 Å². The highest BCUT2D eigenvalue weighted by Crippen LogP contribution is 2.33. The lowest BCUT2D eigenvalue weighted by Gasteiger charge is -2.08. The summed E-state index contributed by atoms with van der Waals surface area (Å²) in [5.41, 5.74) is 0.645. The van der Waals surface area contributed by atoms with Gasteiger partial charge in [-0.1, -0.05) is 11.6 Å². The topological polar surface area (TPSA) is 78.2 Å². The molecule has 0 N–H and O–H groups in total. The van der Waals surface area contributed by atoms with E-state index in [1.54, 1.807) is 36.5 Å². The molecule has 0 saturated carbocycles. The van der Waals surface area contributed by atoms with Gasteiger partial charge >= 0.3 is 5.82 Å². The van der Waals surface area contributed by atoms with Crippen LogP contribution >= 0.6 is 11.6 Å². The van der Waals surface area contributed by atoms with Crippen LogP contribution in [-0.4, -0.2) is 14.9 Å². The van der Waals surface area contributed by atoms with Gasteiger partial charge in [-0.15, -0.1) is 0 Å². The lowest BCUT2D eigenvalue weighted by molar-refractivity contribution is -0.390. The molecule has 0 bridgehead atoms. The molecule has 0 unspecified atom stereocenters. The quantitative estimate of drug-likeness (QED) is 0.540. The second kappa shape index (κ2) is 5.34. The summed E-state index contributed by atoms with van der Waals surface area (Å²) in [7, 11) is 0. The number of halogens is 1. The van der Waals surface area contributed by atoms with E-state index in [1.165, 1.54) is 12.3 Å². The van der Waals surface area contributed by atoms with E-state index >= 15 is 0 Å². The Labute approximate surface area is 124 Å². The Kier molecular flexibility index (Phi) is 3.37. The average molecular weight is 302 g/mol. The largest absolute Gasteiger partial charge is 0.448 e. The summed E-state index contributed by atoms with van der Waals surface area (Å²) in [4.78, 5) is 18.3. The van der Waals surface area contributed by atoms with Crippen LogP contribution in [0.4, 0.5) is 5.82 Å². The van der Waals surface area contributed by atoms with Gasteiger partial charge in [0.15, 0.2) is 0 Å². The number of aromatic nitrogens is 2. The fourth-order valence-electron chi connectivity index (χ4n) is 1.90. The molecule has 2 aromatic heterocycles. The molecule has 3 rings (SSSR count). The normalized spacial score (nSPS) is 10.5. The molecule has 104 valence electrons. The number of hydrogen-bond acceptors (Lipinski definition) is 5. The van der Waals surface area contributed by atoms with Crippen LogP contribution in [0.15, 0.2) is 48.8 Å². The van der Waals surface area contributed by atoms with E-state index in [9.17, 15) is 10.1 Å². The van der Waals surface area contributed by atoms with Crippen LogP contribution in [0.5, 0.6) is 11.5 Å². The molecule has 0 amide bonds. The van der Waals surface area contributed by atoms with E-state index in [4.69, 9.17) is 16.3 Å². The molecule has 0 aliphatic heterocycles. The summed E-state index contributed by atoms with van der Waals surface area (Å²) in [5, 5.41) is 12.2. The lowest BCUT2D eigenvalue weighted by Crippen LogP contribution is -1.96. The van der Waals surface area contributed by atoms with E-state index < -0.39 is 4.92 Å². The summed E-state index contributed by atoms with van der Waals surface area (Å²) < 4.78 is 5.64. The summed E-state index contributed by atoms with van der Waals surface area (Å²) in [6, 6.07) is 9.85. The highest BCUT2D eigenvalue weighted by Gasteiger charge is 2.17. The van der Waals surface area contributed by atoms with Crippen molar-refractivity contribution in [2.75, 3.05) is 0 Å². The summed E-state index contributed by atoms with van der Waals surface area (Å²) in [6.07, 6.45) is 2.89. The monoisotopic (exact) mass is 301 g/mol. The first-order chi connectivity index (χ1) is 10.1. The fraction of sp³-hybridized carbons (Fsp3) is 0. The zero-order valence-electron chi connectivity index (χ0n) is 10.6. The number of pyridine rings is 2. The Bertz CT molecular complexity index is 839. The van der Waals surface area contributed by atoms with Crippen molar-refractivity contribution in [2.24, 2.45) is 0 Å². The van der Waals surface area contributed by atoms with Crippen molar-refractivity contribution in [1.29, 1.82) is 0 Å². The third-order valence-corrected chi connectivity index (χ3v) is 3.04. The Balaban J connectivity index is 2.09. The minimum Gasteiger partial charge on any atom is -0.448 e. The zero-order chi connectivity index (χ0) is 14.8. The van der Waals surface area contributed by atoms with Crippen molar-refractivity contribution in [3.63, 3.8) is 0 Å². The SMILES string of the molecule is O=[N+]([O-])c1ncccc1Oc1ccnc2cc(Cl)ccc12. The number of rotatable bonds is 3. The van der Waals surface area contributed by atoms with Crippen LogP contribution in [0, 0.1) is 10.1 Å². The minimum atomic E-state index is -0.588. The number of nitro groups is 1. The molecule has 0 radical (unpaired) electrons. The first-order valence-corrected chi connectivity index (χ1v) is 6.34. The zero-order valence-corrected chi connectivity index (χ0v) is 11.3. The maximum atomic E-state index is 11.0. The van der Waals surface area contributed by atoms with Crippen LogP contribution in [0.2, 0.25) is 5.02 Å². The molecule has 1 aromatic carbocycles. The van der Waals surface area contributed by atoms with Gasteiger partial charge in [0.2, 0.25) is 5.75 Å². The maximum absolute atomic E-state index is 11.0. The first kappa shape index (κ1) is 13.3. The van der Waals surface area contributed by atoms with E-state index in [0.717, 1.165) is 0 Å². The predicted octanol–water partition coefficient (Wildman–Crippen LogP) is 3.98. The smallest absolute Gasteiger partial charge is 0.406 e. The average Bonchev–Trinajstić information content (AvgIpc) is 2.47. The van der Waals surface area contributed by atoms with Gasteiger partial charge in [-0.25, -0.2) is 0 Å². The van der Waals surface area contributed by atoms with Gasteiger partial charge in [0.25, 0.3) is 0 Å². The molecule has 0 spiro atoms. The van der Waals surface area contributed by atoms with Crippen LogP contribution < -0.4 is 4.74 Å².